The smallest absolute Gasteiger partial charge is 0.0548 e. The first-order valence-electron chi connectivity index (χ1n) is 16.5. The van der Waals surface area contributed by atoms with Gasteiger partial charge in [0.1, 0.15) is 0 Å². The predicted octanol–water partition coefficient (Wildman–Crippen LogP) is 12.4. The van der Waals surface area contributed by atoms with Crippen molar-refractivity contribution in [2.75, 3.05) is 0 Å². The van der Waals surface area contributed by atoms with Crippen LogP contribution in [0.5, 0.6) is 0 Å². The monoisotopic (exact) mass is 610 g/mol. The third kappa shape index (κ3) is 4.06. The molecule has 10 aromatic rings. The van der Waals surface area contributed by atoms with Gasteiger partial charge >= 0.3 is 0 Å². The Kier molecular flexibility index (Phi) is 5.91. The van der Waals surface area contributed by atoms with Crippen LogP contribution in [0.2, 0.25) is 0 Å². The zero-order valence-electron chi connectivity index (χ0n) is 26.2. The molecule has 0 unspecified atom stereocenters. The van der Waals surface area contributed by atoms with Crippen molar-refractivity contribution in [2.24, 2.45) is 0 Å². The first kappa shape index (κ1) is 26.8. The summed E-state index contributed by atoms with van der Waals surface area (Å²) in [7, 11) is 0. The molecule has 8 aromatic carbocycles. The first-order chi connectivity index (χ1) is 23.8. The fourth-order valence-electron chi connectivity index (χ4n) is 7.69. The summed E-state index contributed by atoms with van der Waals surface area (Å²) in [6.45, 7) is 0. The molecule has 2 heterocycles. The molecule has 0 amide bonds. The number of hydrogen-bond donors (Lipinski definition) is 0. The number of hydrogen-bond acceptors (Lipinski definition) is 0. The van der Waals surface area contributed by atoms with Gasteiger partial charge in [0.25, 0.3) is 0 Å². The van der Waals surface area contributed by atoms with Gasteiger partial charge in [-0.2, -0.15) is 0 Å². The Labute approximate surface area is 278 Å². The van der Waals surface area contributed by atoms with Crippen LogP contribution in [0.3, 0.4) is 0 Å². The van der Waals surface area contributed by atoms with Crippen LogP contribution in [0, 0.1) is 0 Å². The van der Waals surface area contributed by atoms with Crippen molar-refractivity contribution in [3.8, 4) is 33.6 Å². The largest absolute Gasteiger partial charge is 0.309 e. The maximum atomic E-state index is 2.44. The van der Waals surface area contributed by atoms with Gasteiger partial charge in [0.15, 0.2) is 0 Å². The summed E-state index contributed by atoms with van der Waals surface area (Å²) in [5, 5.41) is 7.57. The molecule has 0 radical (unpaired) electrons. The van der Waals surface area contributed by atoms with Crippen LogP contribution in [0.1, 0.15) is 0 Å². The van der Waals surface area contributed by atoms with Crippen molar-refractivity contribution >= 4 is 54.4 Å². The molecule has 0 fully saturated rings. The molecular weight excluding hydrogens is 581 g/mol. The quantitative estimate of drug-likeness (QED) is 0.188. The van der Waals surface area contributed by atoms with Crippen LogP contribution < -0.4 is 0 Å². The van der Waals surface area contributed by atoms with E-state index in [0.29, 0.717) is 0 Å². The Morgan fingerprint density at radius 3 is 1.52 bits per heavy atom. The minimum atomic E-state index is 1.15. The number of aromatic nitrogens is 2. The van der Waals surface area contributed by atoms with Gasteiger partial charge < -0.3 is 9.13 Å². The average molecular weight is 611 g/mol. The molecule has 0 N–H and O–H groups in total. The Bertz CT molecular complexity index is 2800. The van der Waals surface area contributed by atoms with E-state index in [-0.39, 0.29) is 0 Å². The first-order valence-corrected chi connectivity index (χ1v) is 16.5. The lowest BCUT2D eigenvalue weighted by molar-refractivity contribution is 1.17. The molecule has 0 atom stereocenters. The molecule has 224 valence electrons. The number of nitrogens with zero attached hydrogens (tertiary/aromatic N) is 2. The average Bonchev–Trinajstić information content (AvgIpc) is 3.68. The van der Waals surface area contributed by atoms with E-state index in [9.17, 15) is 0 Å². The van der Waals surface area contributed by atoms with Crippen LogP contribution in [0.25, 0.3) is 88.0 Å². The zero-order valence-corrected chi connectivity index (χ0v) is 26.2. The molecule has 0 saturated heterocycles. The summed E-state index contributed by atoms with van der Waals surface area (Å²) < 4.78 is 4.88. The highest BCUT2D eigenvalue weighted by Crippen LogP contribution is 2.43. The predicted molar refractivity (Wildman–Crippen MR) is 203 cm³/mol. The molecular formula is C46H30N2. The van der Waals surface area contributed by atoms with Crippen LogP contribution in [-0.4, -0.2) is 9.13 Å². The lowest BCUT2D eigenvalue weighted by Gasteiger charge is -2.11. The van der Waals surface area contributed by atoms with Crippen LogP contribution in [0.4, 0.5) is 0 Å². The van der Waals surface area contributed by atoms with E-state index in [2.05, 4.69) is 191 Å². The number of fused-ring (bicyclic) bond motifs is 8. The van der Waals surface area contributed by atoms with E-state index in [1.165, 1.54) is 82.3 Å². The van der Waals surface area contributed by atoms with Gasteiger partial charge in [0.05, 0.1) is 22.1 Å². The van der Waals surface area contributed by atoms with E-state index in [0.717, 1.165) is 5.69 Å². The normalized spacial score (nSPS) is 11.8. The summed E-state index contributed by atoms with van der Waals surface area (Å²) in [5.74, 6) is 0. The highest BCUT2D eigenvalue weighted by molar-refractivity contribution is 6.29. The van der Waals surface area contributed by atoms with E-state index in [1.807, 2.05) is 0 Å². The lowest BCUT2D eigenvalue weighted by atomic mass is 10.0. The Morgan fingerprint density at radius 2 is 0.771 bits per heavy atom. The second-order valence-corrected chi connectivity index (χ2v) is 12.6. The zero-order chi connectivity index (χ0) is 31.6. The summed E-state index contributed by atoms with van der Waals surface area (Å²) in [6.07, 6.45) is 0. The fraction of sp³-hybridized carbons (Fsp3) is 0. The molecule has 0 spiro atoms. The van der Waals surface area contributed by atoms with E-state index in [4.69, 9.17) is 0 Å². The summed E-state index contributed by atoms with van der Waals surface area (Å²) in [4.78, 5) is 0. The van der Waals surface area contributed by atoms with Crippen molar-refractivity contribution in [1.82, 2.24) is 9.13 Å². The van der Waals surface area contributed by atoms with E-state index >= 15 is 0 Å². The van der Waals surface area contributed by atoms with Gasteiger partial charge in [-0.3, -0.25) is 0 Å². The fourth-order valence-corrected chi connectivity index (χ4v) is 7.69. The van der Waals surface area contributed by atoms with Gasteiger partial charge in [-0.1, -0.05) is 127 Å². The summed E-state index contributed by atoms with van der Waals surface area (Å²) in [6, 6.07) is 66.2. The highest BCUT2D eigenvalue weighted by Gasteiger charge is 2.21. The van der Waals surface area contributed by atoms with Gasteiger partial charge in [0, 0.05) is 32.9 Å². The standard InChI is InChI=1S/C46H30N2/c1-3-11-31(12-4-1)34-19-23-37(24-20-34)47-42-26-22-36(32-13-5-2-6-14-32)30-40(42)46-44(47)28-27-43-45(46)39-17-9-10-18-41(39)48(43)38-25-21-33-15-7-8-16-35(33)29-38/h1-30H. The van der Waals surface area contributed by atoms with Gasteiger partial charge in [-0.15, -0.1) is 0 Å². The van der Waals surface area contributed by atoms with Gasteiger partial charge in [-0.25, -0.2) is 0 Å². The van der Waals surface area contributed by atoms with Crippen LogP contribution in [-0.2, 0) is 0 Å². The maximum absolute atomic E-state index is 2.44. The van der Waals surface area contributed by atoms with Crippen molar-refractivity contribution in [3.63, 3.8) is 0 Å². The molecule has 0 bridgehead atoms. The topological polar surface area (TPSA) is 9.86 Å². The Morgan fingerprint density at radius 1 is 0.271 bits per heavy atom. The Balaban J connectivity index is 1.30. The minimum Gasteiger partial charge on any atom is -0.309 e. The SMILES string of the molecule is c1ccc(-c2ccc(-n3c4ccc(-c5ccccc5)cc4c4c5c6ccccc6n(-c6ccc7ccccc7c6)c5ccc43)cc2)cc1. The minimum absolute atomic E-state index is 1.15. The van der Waals surface area contributed by atoms with Crippen molar-refractivity contribution in [2.45, 2.75) is 0 Å². The molecule has 0 aliphatic heterocycles. The molecule has 0 aliphatic rings. The van der Waals surface area contributed by atoms with E-state index in [1.54, 1.807) is 0 Å². The van der Waals surface area contributed by atoms with Crippen molar-refractivity contribution in [1.29, 1.82) is 0 Å². The van der Waals surface area contributed by atoms with Crippen molar-refractivity contribution < 1.29 is 0 Å². The highest BCUT2D eigenvalue weighted by atomic mass is 15.0. The van der Waals surface area contributed by atoms with Crippen LogP contribution >= 0.6 is 0 Å². The summed E-state index contributed by atoms with van der Waals surface area (Å²) in [5.41, 5.74) is 12.0. The maximum Gasteiger partial charge on any atom is 0.0548 e. The lowest BCUT2D eigenvalue weighted by Crippen LogP contribution is -1.95. The van der Waals surface area contributed by atoms with Crippen LogP contribution in [0.15, 0.2) is 182 Å². The second-order valence-electron chi connectivity index (χ2n) is 12.6. The molecule has 0 saturated carbocycles. The second kappa shape index (κ2) is 10.6. The Hall–Kier alpha value is -6.38. The number of para-hydroxylation sites is 1. The van der Waals surface area contributed by atoms with Crippen molar-refractivity contribution in [3.05, 3.63) is 182 Å². The summed E-state index contributed by atoms with van der Waals surface area (Å²) >= 11 is 0. The molecule has 10 rings (SSSR count). The molecule has 48 heavy (non-hydrogen) atoms. The number of benzene rings is 8. The molecule has 0 aliphatic carbocycles. The number of rotatable bonds is 4. The molecule has 2 aromatic heterocycles. The van der Waals surface area contributed by atoms with E-state index < -0.39 is 0 Å². The molecule has 2 heteroatoms. The molecule has 2 nitrogen and oxygen atoms in total. The van der Waals surface area contributed by atoms with Gasteiger partial charge in [0.2, 0.25) is 0 Å². The third-order valence-corrected chi connectivity index (χ3v) is 9.90. The third-order valence-electron chi connectivity index (χ3n) is 9.90. The van der Waals surface area contributed by atoms with Gasteiger partial charge in [-0.05, 0) is 87.6 Å².